The number of thiophene rings is 2. The van der Waals surface area contributed by atoms with Crippen molar-refractivity contribution in [2.24, 2.45) is 0 Å². The van der Waals surface area contributed by atoms with Crippen LogP contribution in [0.2, 0.25) is 0 Å². The summed E-state index contributed by atoms with van der Waals surface area (Å²) in [7, 11) is -3.43. The van der Waals surface area contributed by atoms with E-state index in [1.54, 1.807) is 6.07 Å². The number of hydrogen-bond acceptors (Lipinski definition) is 5. The Morgan fingerprint density at radius 2 is 2.10 bits per heavy atom. The molecule has 8 heteroatoms. The van der Waals surface area contributed by atoms with Gasteiger partial charge in [-0.05, 0) is 58.0 Å². The monoisotopic (exact) mass is 408 g/mol. The van der Waals surface area contributed by atoms with Crippen LogP contribution in [0.5, 0.6) is 0 Å². The summed E-state index contributed by atoms with van der Waals surface area (Å²) in [6.45, 7) is 4.06. The van der Waals surface area contributed by atoms with Crippen LogP contribution in [0.1, 0.15) is 23.8 Å². The third-order valence-electron chi connectivity index (χ3n) is 2.72. The Morgan fingerprint density at radius 3 is 2.76 bits per heavy atom. The molecule has 0 aliphatic heterocycles. The largest absolute Gasteiger partial charge is 0.313 e. The van der Waals surface area contributed by atoms with Crippen molar-refractivity contribution in [3.63, 3.8) is 0 Å². The second-order valence-corrected chi connectivity index (χ2v) is 9.93. The summed E-state index contributed by atoms with van der Waals surface area (Å²) in [5.74, 6) is 0. The molecule has 2 rings (SSSR count). The minimum atomic E-state index is -3.43. The Labute approximate surface area is 141 Å². The van der Waals surface area contributed by atoms with Crippen LogP contribution in [-0.4, -0.2) is 15.0 Å². The van der Waals surface area contributed by atoms with Crippen LogP contribution < -0.4 is 10.0 Å². The molecule has 2 aromatic heterocycles. The molecule has 0 amide bonds. The molecule has 0 spiro atoms. The molecule has 2 heterocycles. The van der Waals surface area contributed by atoms with Crippen molar-refractivity contribution in [1.29, 1.82) is 0 Å². The highest BCUT2D eigenvalue weighted by molar-refractivity contribution is 9.11. The highest BCUT2D eigenvalue weighted by atomic mass is 79.9. The molecule has 0 saturated carbocycles. The average molecular weight is 409 g/mol. The normalized spacial score (nSPS) is 11.9. The van der Waals surface area contributed by atoms with Crippen molar-refractivity contribution < 1.29 is 8.42 Å². The maximum atomic E-state index is 12.2. The van der Waals surface area contributed by atoms with E-state index in [9.17, 15) is 8.42 Å². The average Bonchev–Trinajstić information content (AvgIpc) is 3.06. The molecule has 0 aromatic carbocycles. The maximum Gasteiger partial charge on any atom is 0.250 e. The van der Waals surface area contributed by atoms with Gasteiger partial charge in [0.1, 0.15) is 4.21 Å². The zero-order chi connectivity index (χ0) is 15.3. The second kappa shape index (κ2) is 7.85. The van der Waals surface area contributed by atoms with Gasteiger partial charge in [-0.25, -0.2) is 13.1 Å². The Kier molecular flexibility index (Phi) is 6.39. The van der Waals surface area contributed by atoms with E-state index in [-0.39, 0.29) is 0 Å². The fourth-order valence-corrected chi connectivity index (χ4v) is 5.46. The van der Waals surface area contributed by atoms with Gasteiger partial charge in [0.15, 0.2) is 0 Å². The van der Waals surface area contributed by atoms with Gasteiger partial charge < -0.3 is 5.32 Å². The standard InChI is InChI=1S/C13H17BrN2O2S3/c1-2-5-15-7-10-6-13(19-9-10)21(17,18)16-8-11-3-4-12(14)20-11/h3-4,6,9,15-16H,2,5,7-8H2,1H3. The van der Waals surface area contributed by atoms with E-state index in [1.807, 2.05) is 17.5 Å². The molecule has 21 heavy (non-hydrogen) atoms. The van der Waals surface area contributed by atoms with Crippen LogP contribution in [0, 0.1) is 0 Å². The molecule has 0 aliphatic carbocycles. The molecule has 2 aromatic rings. The fraction of sp³-hybridized carbons (Fsp3) is 0.385. The Balaban J connectivity index is 1.95. The van der Waals surface area contributed by atoms with Gasteiger partial charge in [-0.1, -0.05) is 6.92 Å². The van der Waals surface area contributed by atoms with Crippen LogP contribution in [0.4, 0.5) is 0 Å². The van der Waals surface area contributed by atoms with E-state index in [0.29, 0.717) is 17.3 Å². The van der Waals surface area contributed by atoms with Crippen LogP contribution in [-0.2, 0) is 23.1 Å². The molecule has 0 aliphatic rings. The number of hydrogen-bond donors (Lipinski definition) is 2. The van der Waals surface area contributed by atoms with Crippen molar-refractivity contribution in [2.45, 2.75) is 30.6 Å². The van der Waals surface area contributed by atoms with Crippen molar-refractivity contribution in [1.82, 2.24) is 10.0 Å². The summed E-state index contributed by atoms with van der Waals surface area (Å²) < 4.78 is 28.5. The summed E-state index contributed by atoms with van der Waals surface area (Å²) in [5, 5.41) is 5.15. The molecule has 0 radical (unpaired) electrons. The quantitative estimate of drug-likeness (QED) is 0.656. The molecule has 4 nitrogen and oxygen atoms in total. The molecule has 2 N–H and O–H groups in total. The van der Waals surface area contributed by atoms with Gasteiger partial charge in [-0.15, -0.1) is 22.7 Å². The number of rotatable bonds is 8. The van der Waals surface area contributed by atoms with Crippen molar-refractivity contribution in [3.8, 4) is 0 Å². The summed E-state index contributed by atoms with van der Waals surface area (Å²) in [4.78, 5) is 0.979. The lowest BCUT2D eigenvalue weighted by Gasteiger charge is -2.03. The lowest BCUT2D eigenvalue weighted by Crippen LogP contribution is -2.22. The van der Waals surface area contributed by atoms with Gasteiger partial charge >= 0.3 is 0 Å². The van der Waals surface area contributed by atoms with E-state index in [1.165, 1.54) is 22.7 Å². The van der Waals surface area contributed by atoms with Gasteiger partial charge in [-0.3, -0.25) is 0 Å². The van der Waals surface area contributed by atoms with Crippen LogP contribution in [0.15, 0.2) is 31.6 Å². The minimum absolute atomic E-state index is 0.319. The number of halogens is 1. The third-order valence-corrected chi connectivity index (χ3v) is 7.23. The second-order valence-electron chi connectivity index (χ2n) is 4.48. The minimum Gasteiger partial charge on any atom is -0.313 e. The first kappa shape index (κ1) is 17.1. The van der Waals surface area contributed by atoms with Crippen LogP contribution in [0.3, 0.4) is 0 Å². The van der Waals surface area contributed by atoms with Gasteiger partial charge in [0.05, 0.1) is 3.79 Å². The fourth-order valence-electron chi connectivity index (χ4n) is 1.68. The highest BCUT2D eigenvalue weighted by Crippen LogP contribution is 2.24. The molecule has 0 atom stereocenters. The zero-order valence-corrected chi connectivity index (χ0v) is 15.6. The molecule has 0 saturated heterocycles. The van der Waals surface area contributed by atoms with E-state index in [4.69, 9.17) is 0 Å². The first-order valence-corrected chi connectivity index (χ1v) is 10.5. The van der Waals surface area contributed by atoms with Crippen molar-refractivity contribution >= 4 is 48.6 Å². The van der Waals surface area contributed by atoms with Gasteiger partial charge in [-0.2, -0.15) is 0 Å². The lowest BCUT2D eigenvalue weighted by atomic mass is 10.3. The maximum absolute atomic E-state index is 12.2. The van der Waals surface area contributed by atoms with Crippen molar-refractivity contribution in [3.05, 3.63) is 37.8 Å². The molecular weight excluding hydrogens is 392 g/mol. The third kappa shape index (κ3) is 5.15. The van der Waals surface area contributed by atoms with Crippen LogP contribution >= 0.6 is 38.6 Å². The topological polar surface area (TPSA) is 58.2 Å². The first-order valence-electron chi connectivity index (χ1n) is 6.53. The van der Waals surface area contributed by atoms with E-state index in [0.717, 1.165) is 27.2 Å². The van der Waals surface area contributed by atoms with E-state index >= 15 is 0 Å². The van der Waals surface area contributed by atoms with E-state index in [2.05, 4.69) is 32.9 Å². The molecule has 0 fully saturated rings. The smallest absolute Gasteiger partial charge is 0.250 e. The predicted molar refractivity (Wildman–Crippen MR) is 92.4 cm³/mol. The van der Waals surface area contributed by atoms with Gasteiger partial charge in [0, 0.05) is 18.0 Å². The van der Waals surface area contributed by atoms with Gasteiger partial charge in [0.25, 0.3) is 0 Å². The Hall–Kier alpha value is -0.250. The molecular formula is C13H17BrN2O2S3. The lowest BCUT2D eigenvalue weighted by molar-refractivity contribution is 0.584. The highest BCUT2D eigenvalue weighted by Gasteiger charge is 2.16. The Morgan fingerprint density at radius 1 is 1.29 bits per heavy atom. The number of nitrogens with one attached hydrogen (secondary N) is 2. The molecule has 116 valence electrons. The molecule has 0 bridgehead atoms. The zero-order valence-electron chi connectivity index (χ0n) is 11.6. The summed E-state index contributed by atoms with van der Waals surface area (Å²) >= 11 is 6.15. The first-order chi connectivity index (χ1) is 10.0. The Bertz CT molecular complexity index is 679. The van der Waals surface area contributed by atoms with Crippen molar-refractivity contribution in [2.75, 3.05) is 6.54 Å². The predicted octanol–water partition coefficient (Wildman–Crippen LogP) is 3.55. The SMILES string of the molecule is CCCNCc1csc(S(=O)(=O)NCc2ccc(Br)s2)c1. The van der Waals surface area contributed by atoms with E-state index < -0.39 is 10.0 Å². The van der Waals surface area contributed by atoms with Crippen LogP contribution in [0.25, 0.3) is 0 Å². The summed E-state index contributed by atoms with van der Waals surface area (Å²) in [5.41, 5.74) is 1.01. The van der Waals surface area contributed by atoms with Gasteiger partial charge in [0.2, 0.25) is 10.0 Å². The molecule has 0 unspecified atom stereocenters. The summed E-state index contributed by atoms with van der Waals surface area (Å²) in [6, 6.07) is 5.56. The number of sulfonamides is 1. The summed E-state index contributed by atoms with van der Waals surface area (Å²) in [6.07, 6.45) is 1.06.